The molecule has 17 heavy (non-hydrogen) atoms. The first-order valence-corrected chi connectivity index (χ1v) is 4.77. The Morgan fingerprint density at radius 2 is 1.82 bits per heavy atom. The summed E-state index contributed by atoms with van der Waals surface area (Å²) in [5.41, 5.74) is -0.867. The molecule has 1 heterocycles. The van der Waals surface area contributed by atoms with Crippen molar-refractivity contribution in [2.24, 2.45) is 14.1 Å². The van der Waals surface area contributed by atoms with Crippen molar-refractivity contribution in [3.05, 3.63) is 49.2 Å². The summed E-state index contributed by atoms with van der Waals surface area (Å²) in [5, 5.41) is 10.9. The minimum atomic E-state index is -0.568. The molecule has 0 N–H and O–H groups in total. The van der Waals surface area contributed by atoms with Crippen LogP contribution in [0.4, 0.5) is 5.69 Å². The highest BCUT2D eigenvalue weighted by atomic mass is 16.6. The Bertz CT molecular complexity index is 742. The van der Waals surface area contributed by atoms with Crippen LogP contribution in [0.3, 0.4) is 0 Å². The van der Waals surface area contributed by atoms with Gasteiger partial charge in [0, 0.05) is 26.2 Å². The van der Waals surface area contributed by atoms with Crippen molar-refractivity contribution in [2.45, 2.75) is 0 Å². The minimum absolute atomic E-state index is 0.152. The van der Waals surface area contributed by atoms with Gasteiger partial charge >= 0.3 is 5.69 Å². The molecule has 0 radical (unpaired) electrons. The Kier molecular flexibility index (Phi) is 2.31. The highest BCUT2D eigenvalue weighted by Crippen LogP contribution is 2.16. The standard InChI is InChI=1S/C10H9N3O4/c1-11-8-5-6(13(16)17)3-4-7(8)9(14)12(2)10(11)15/h3-5H,1-2H3. The Morgan fingerprint density at radius 1 is 1.18 bits per heavy atom. The fourth-order valence-corrected chi connectivity index (χ4v) is 1.69. The number of benzene rings is 1. The zero-order valence-electron chi connectivity index (χ0n) is 9.21. The van der Waals surface area contributed by atoms with Crippen molar-refractivity contribution in [2.75, 3.05) is 0 Å². The second kappa shape index (κ2) is 3.55. The van der Waals surface area contributed by atoms with E-state index >= 15 is 0 Å². The van der Waals surface area contributed by atoms with Gasteiger partial charge < -0.3 is 0 Å². The lowest BCUT2D eigenvalue weighted by Gasteiger charge is -2.06. The third kappa shape index (κ3) is 1.52. The second-order valence-electron chi connectivity index (χ2n) is 3.66. The van der Waals surface area contributed by atoms with Crippen LogP contribution in [0.25, 0.3) is 10.9 Å². The number of non-ortho nitro benzene ring substituents is 1. The van der Waals surface area contributed by atoms with Gasteiger partial charge in [-0.25, -0.2) is 4.79 Å². The van der Waals surface area contributed by atoms with E-state index in [2.05, 4.69) is 0 Å². The molecule has 7 nitrogen and oxygen atoms in total. The van der Waals surface area contributed by atoms with Gasteiger partial charge in [-0.3, -0.25) is 24.0 Å². The van der Waals surface area contributed by atoms with E-state index in [4.69, 9.17) is 0 Å². The maximum absolute atomic E-state index is 11.8. The average Bonchev–Trinajstić information content (AvgIpc) is 2.32. The van der Waals surface area contributed by atoms with Crippen molar-refractivity contribution < 1.29 is 4.92 Å². The smallest absolute Gasteiger partial charge is 0.296 e. The van der Waals surface area contributed by atoms with E-state index in [-0.39, 0.29) is 16.6 Å². The predicted octanol–water partition coefficient (Wildman–Crippen LogP) is 0.145. The summed E-state index contributed by atoms with van der Waals surface area (Å²) in [7, 11) is 2.83. The van der Waals surface area contributed by atoms with Crippen LogP contribution < -0.4 is 11.2 Å². The van der Waals surface area contributed by atoms with Crippen LogP contribution in [0.5, 0.6) is 0 Å². The van der Waals surface area contributed by atoms with E-state index in [0.717, 1.165) is 4.57 Å². The highest BCUT2D eigenvalue weighted by Gasteiger charge is 2.12. The fraction of sp³-hybridized carbons (Fsp3) is 0.200. The van der Waals surface area contributed by atoms with Crippen LogP contribution >= 0.6 is 0 Å². The molecule has 0 atom stereocenters. The van der Waals surface area contributed by atoms with Crippen molar-refractivity contribution in [3.63, 3.8) is 0 Å². The Hall–Kier alpha value is -2.44. The molecule has 1 aromatic heterocycles. The molecule has 0 amide bonds. The molecule has 0 bridgehead atoms. The molecular weight excluding hydrogens is 226 g/mol. The van der Waals surface area contributed by atoms with Gasteiger partial charge in [-0.05, 0) is 6.07 Å². The summed E-state index contributed by atoms with van der Waals surface area (Å²) in [6.07, 6.45) is 0. The summed E-state index contributed by atoms with van der Waals surface area (Å²) in [5.74, 6) is 0. The summed E-state index contributed by atoms with van der Waals surface area (Å²) in [4.78, 5) is 33.5. The molecule has 0 aliphatic carbocycles. The van der Waals surface area contributed by atoms with Crippen LogP contribution in [-0.2, 0) is 14.1 Å². The second-order valence-corrected chi connectivity index (χ2v) is 3.66. The zero-order chi connectivity index (χ0) is 12.7. The highest BCUT2D eigenvalue weighted by molar-refractivity contribution is 5.80. The van der Waals surface area contributed by atoms with Crippen LogP contribution in [0.15, 0.2) is 27.8 Å². The molecular formula is C10H9N3O4. The number of hydrogen-bond donors (Lipinski definition) is 0. The lowest BCUT2D eigenvalue weighted by Crippen LogP contribution is -2.36. The molecule has 1 aromatic carbocycles. The number of nitro benzene ring substituents is 1. The van der Waals surface area contributed by atoms with E-state index in [9.17, 15) is 19.7 Å². The van der Waals surface area contributed by atoms with E-state index in [1.54, 1.807) is 0 Å². The average molecular weight is 235 g/mol. The quantitative estimate of drug-likeness (QED) is 0.519. The van der Waals surface area contributed by atoms with Crippen molar-refractivity contribution in [1.82, 2.24) is 9.13 Å². The van der Waals surface area contributed by atoms with Gasteiger partial charge in [-0.1, -0.05) is 0 Å². The normalized spacial score (nSPS) is 10.7. The van der Waals surface area contributed by atoms with Crippen LogP contribution in [-0.4, -0.2) is 14.1 Å². The number of aryl methyl sites for hydroxylation is 1. The lowest BCUT2D eigenvalue weighted by atomic mass is 10.2. The van der Waals surface area contributed by atoms with Gasteiger partial charge in [0.2, 0.25) is 0 Å². The minimum Gasteiger partial charge on any atom is -0.296 e. The summed E-state index contributed by atoms with van der Waals surface area (Å²) in [6, 6.07) is 3.82. The molecule has 2 aromatic rings. The fourth-order valence-electron chi connectivity index (χ4n) is 1.69. The first kappa shape index (κ1) is 11.1. The van der Waals surface area contributed by atoms with E-state index in [1.165, 1.54) is 36.9 Å². The summed E-state index contributed by atoms with van der Waals surface area (Å²) >= 11 is 0. The number of nitro groups is 1. The molecule has 0 saturated heterocycles. The van der Waals surface area contributed by atoms with Crippen LogP contribution in [0.2, 0.25) is 0 Å². The number of fused-ring (bicyclic) bond motifs is 1. The lowest BCUT2D eigenvalue weighted by molar-refractivity contribution is -0.384. The number of rotatable bonds is 1. The summed E-state index contributed by atoms with van der Waals surface area (Å²) < 4.78 is 2.18. The van der Waals surface area contributed by atoms with Gasteiger partial charge in [0.15, 0.2) is 0 Å². The molecule has 88 valence electrons. The van der Waals surface area contributed by atoms with Gasteiger partial charge in [0.25, 0.3) is 11.2 Å². The van der Waals surface area contributed by atoms with E-state index < -0.39 is 16.2 Å². The van der Waals surface area contributed by atoms with Crippen LogP contribution in [0.1, 0.15) is 0 Å². The third-order valence-electron chi connectivity index (χ3n) is 2.66. The van der Waals surface area contributed by atoms with Crippen molar-refractivity contribution in [1.29, 1.82) is 0 Å². The Labute approximate surface area is 94.7 Å². The van der Waals surface area contributed by atoms with E-state index in [0.29, 0.717) is 0 Å². The first-order chi connectivity index (χ1) is 7.93. The van der Waals surface area contributed by atoms with Gasteiger partial charge in [0.05, 0.1) is 15.8 Å². The molecule has 0 fully saturated rings. The van der Waals surface area contributed by atoms with Gasteiger partial charge in [-0.2, -0.15) is 0 Å². The first-order valence-electron chi connectivity index (χ1n) is 4.77. The van der Waals surface area contributed by atoms with Gasteiger partial charge in [-0.15, -0.1) is 0 Å². The van der Waals surface area contributed by atoms with Crippen LogP contribution in [0, 0.1) is 10.1 Å². The predicted molar refractivity (Wildman–Crippen MR) is 61.1 cm³/mol. The van der Waals surface area contributed by atoms with E-state index in [1.807, 2.05) is 0 Å². The number of nitrogens with zero attached hydrogens (tertiary/aromatic N) is 3. The number of aromatic nitrogens is 2. The molecule has 7 heteroatoms. The molecule has 0 spiro atoms. The Balaban J connectivity index is 3.02. The maximum atomic E-state index is 11.8. The van der Waals surface area contributed by atoms with Crippen molar-refractivity contribution in [3.8, 4) is 0 Å². The summed E-state index contributed by atoms with van der Waals surface area (Å²) in [6.45, 7) is 0. The topological polar surface area (TPSA) is 87.1 Å². The molecule has 2 rings (SSSR count). The third-order valence-corrected chi connectivity index (χ3v) is 2.66. The number of hydrogen-bond acceptors (Lipinski definition) is 4. The maximum Gasteiger partial charge on any atom is 0.330 e. The molecule has 0 unspecified atom stereocenters. The molecule has 0 aliphatic heterocycles. The SMILES string of the molecule is Cn1c(=O)c2ccc([N+](=O)[O-])cc2n(C)c1=O. The van der Waals surface area contributed by atoms with Gasteiger partial charge in [0.1, 0.15) is 0 Å². The van der Waals surface area contributed by atoms with Crippen molar-refractivity contribution >= 4 is 16.6 Å². The zero-order valence-corrected chi connectivity index (χ0v) is 9.21. The Morgan fingerprint density at radius 3 is 2.41 bits per heavy atom. The largest absolute Gasteiger partial charge is 0.330 e. The molecule has 0 saturated carbocycles. The molecule has 0 aliphatic rings. The monoisotopic (exact) mass is 235 g/mol.